The molecule has 4 bridgehead atoms. The van der Waals surface area contributed by atoms with Gasteiger partial charge in [-0.15, -0.1) is 0 Å². The molecular weight excluding hydrogens is 264 g/mol. The van der Waals surface area contributed by atoms with Crippen molar-refractivity contribution in [2.75, 3.05) is 26.4 Å². The maximum absolute atomic E-state index is 10.8. The van der Waals surface area contributed by atoms with Crippen LogP contribution in [0.15, 0.2) is 0 Å². The van der Waals surface area contributed by atoms with Crippen molar-refractivity contribution in [2.45, 2.75) is 57.5 Å². The third-order valence-corrected chi connectivity index (χ3v) is 6.76. The number of ether oxygens (including phenoxy) is 2. The Morgan fingerprint density at radius 3 is 2.14 bits per heavy atom. The van der Waals surface area contributed by atoms with Gasteiger partial charge in [0.15, 0.2) is 0 Å². The summed E-state index contributed by atoms with van der Waals surface area (Å²) in [5.74, 6) is 3.35. The highest BCUT2D eigenvalue weighted by Gasteiger charge is 2.53. The number of aliphatic hydroxyl groups is 1. The Bertz CT molecular complexity index is 326. The van der Waals surface area contributed by atoms with E-state index < -0.39 is 0 Å². The second-order valence-electron chi connectivity index (χ2n) is 8.39. The van der Waals surface area contributed by atoms with Gasteiger partial charge in [-0.25, -0.2) is 0 Å². The molecule has 21 heavy (non-hydrogen) atoms. The van der Waals surface area contributed by atoms with Gasteiger partial charge in [0.2, 0.25) is 0 Å². The van der Waals surface area contributed by atoms with Gasteiger partial charge in [-0.3, -0.25) is 0 Å². The average Bonchev–Trinajstić information content (AvgIpc) is 2.47. The monoisotopic (exact) mass is 294 g/mol. The maximum Gasteiger partial charge on any atom is 0.0829 e. The van der Waals surface area contributed by atoms with Crippen LogP contribution in [0.2, 0.25) is 0 Å². The van der Waals surface area contributed by atoms with Crippen molar-refractivity contribution in [2.24, 2.45) is 29.1 Å². The van der Waals surface area contributed by atoms with Crippen LogP contribution in [0.25, 0.3) is 0 Å². The van der Waals surface area contributed by atoms with E-state index in [2.05, 4.69) is 0 Å². The fourth-order valence-corrected chi connectivity index (χ4v) is 6.02. The Hall–Kier alpha value is -0.120. The van der Waals surface area contributed by atoms with E-state index >= 15 is 0 Å². The molecule has 4 saturated carbocycles. The Morgan fingerprint density at radius 2 is 1.57 bits per heavy atom. The molecule has 1 N–H and O–H groups in total. The van der Waals surface area contributed by atoms with Gasteiger partial charge in [-0.05, 0) is 80.5 Å². The highest BCUT2D eigenvalue weighted by molar-refractivity contribution is 5.04. The summed E-state index contributed by atoms with van der Waals surface area (Å²) < 4.78 is 11.3. The van der Waals surface area contributed by atoms with E-state index in [1.807, 2.05) is 0 Å². The van der Waals surface area contributed by atoms with Gasteiger partial charge in [0, 0.05) is 19.8 Å². The van der Waals surface area contributed by atoms with E-state index in [-0.39, 0.29) is 11.5 Å². The van der Waals surface area contributed by atoms with E-state index in [1.165, 1.54) is 38.5 Å². The zero-order valence-corrected chi connectivity index (χ0v) is 13.1. The van der Waals surface area contributed by atoms with E-state index in [1.54, 1.807) is 0 Å². The Labute approximate surface area is 128 Å². The summed E-state index contributed by atoms with van der Waals surface area (Å²) in [4.78, 5) is 0. The lowest BCUT2D eigenvalue weighted by Crippen LogP contribution is -2.53. The van der Waals surface area contributed by atoms with Crippen molar-refractivity contribution in [3.8, 4) is 0 Å². The van der Waals surface area contributed by atoms with E-state index in [0.717, 1.165) is 50.4 Å². The molecule has 1 atom stereocenters. The molecule has 0 aromatic heterocycles. The normalized spacial score (nSPS) is 44.1. The number of rotatable bonds is 5. The molecule has 3 heteroatoms. The quantitative estimate of drug-likeness (QED) is 0.847. The summed E-state index contributed by atoms with van der Waals surface area (Å²) in [5.41, 5.74) is 0.213. The standard InChI is InChI=1S/C18H30O3/c19-17(12-21-11-13-1-3-20-4-2-13)18-8-14-5-15(9-18)7-16(6-14)10-18/h13-17,19H,1-12H2. The minimum Gasteiger partial charge on any atom is -0.390 e. The molecule has 1 heterocycles. The largest absolute Gasteiger partial charge is 0.390 e. The van der Waals surface area contributed by atoms with E-state index in [0.29, 0.717) is 12.5 Å². The highest BCUT2D eigenvalue weighted by Crippen LogP contribution is 2.61. The number of aliphatic hydroxyl groups excluding tert-OH is 1. The van der Waals surface area contributed by atoms with Crippen molar-refractivity contribution in [1.29, 1.82) is 0 Å². The summed E-state index contributed by atoms with van der Waals surface area (Å²) >= 11 is 0. The first kappa shape index (κ1) is 14.5. The molecule has 1 unspecified atom stereocenters. The van der Waals surface area contributed by atoms with Crippen LogP contribution in [0, 0.1) is 29.1 Å². The summed E-state index contributed by atoms with van der Waals surface area (Å²) in [6.45, 7) is 3.13. The molecule has 0 aromatic rings. The first-order chi connectivity index (χ1) is 10.2. The van der Waals surface area contributed by atoms with Crippen LogP contribution in [-0.4, -0.2) is 37.6 Å². The van der Waals surface area contributed by atoms with Crippen LogP contribution in [0.5, 0.6) is 0 Å². The Kier molecular flexibility index (Phi) is 4.01. The van der Waals surface area contributed by atoms with Crippen LogP contribution in [-0.2, 0) is 9.47 Å². The molecule has 3 nitrogen and oxygen atoms in total. The second kappa shape index (κ2) is 5.82. The predicted molar refractivity (Wildman–Crippen MR) is 81.0 cm³/mol. The van der Waals surface area contributed by atoms with Gasteiger partial charge in [0.25, 0.3) is 0 Å². The van der Waals surface area contributed by atoms with E-state index in [4.69, 9.17) is 9.47 Å². The molecular formula is C18H30O3. The number of hydrogen-bond acceptors (Lipinski definition) is 3. The molecule has 120 valence electrons. The fourth-order valence-electron chi connectivity index (χ4n) is 6.02. The fraction of sp³-hybridized carbons (Fsp3) is 1.00. The molecule has 0 spiro atoms. The SMILES string of the molecule is OC(COCC1CCOCC1)C12CC3CC(CC(C3)C1)C2. The second-order valence-corrected chi connectivity index (χ2v) is 8.39. The molecule has 5 fully saturated rings. The highest BCUT2D eigenvalue weighted by atomic mass is 16.5. The van der Waals surface area contributed by atoms with Crippen molar-refractivity contribution in [3.05, 3.63) is 0 Å². The van der Waals surface area contributed by atoms with Gasteiger partial charge >= 0.3 is 0 Å². The van der Waals surface area contributed by atoms with Crippen molar-refractivity contribution in [3.63, 3.8) is 0 Å². The lowest BCUT2D eigenvalue weighted by atomic mass is 9.48. The van der Waals surface area contributed by atoms with Crippen molar-refractivity contribution >= 4 is 0 Å². The lowest BCUT2D eigenvalue weighted by molar-refractivity contribution is -0.142. The van der Waals surface area contributed by atoms with E-state index in [9.17, 15) is 5.11 Å². The predicted octanol–water partition coefficient (Wildman–Crippen LogP) is 3.01. The first-order valence-electron chi connectivity index (χ1n) is 9.07. The summed E-state index contributed by atoms with van der Waals surface area (Å²) in [6, 6.07) is 0. The van der Waals surface area contributed by atoms with Crippen LogP contribution in [0.4, 0.5) is 0 Å². The van der Waals surface area contributed by atoms with Crippen LogP contribution < -0.4 is 0 Å². The van der Waals surface area contributed by atoms with Gasteiger partial charge in [0.05, 0.1) is 12.7 Å². The lowest BCUT2D eigenvalue weighted by Gasteiger charge is -2.58. The molecule has 1 saturated heterocycles. The van der Waals surface area contributed by atoms with Gasteiger partial charge in [-0.2, -0.15) is 0 Å². The smallest absolute Gasteiger partial charge is 0.0829 e. The van der Waals surface area contributed by atoms with Crippen LogP contribution in [0.1, 0.15) is 51.4 Å². The van der Waals surface area contributed by atoms with Crippen molar-refractivity contribution in [1.82, 2.24) is 0 Å². The minimum atomic E-state index is -0.231. The Balaban J connectivity index is 1.29. The zero-order chi connectivity index (χ0) is 14.3. The molecule has 0 radical (unpaired) electrons. The molecule has 0 amide bonds. The summed E-state index contributed by atoms with van der Waals surface area (Å²) in [7, 11) is 0. The third-order valence-electron chi connectivity index (χ3n) is 6.76. The Morgan fingerprint density at radius 1 is 1.00 bits per heavy atom. The first-order valence-corrected chi connectivity index (χ1v) is 9.07. The van der Waals surface area contributed by atoms with Gasteiger partial charge in [0.1, 0.15) is 0 Å². The molecule has 5 rings (SSSR count). The minimum absolute atomic E-state index is 0.213. The molecule has 5 aliphatic rings. The maximum atomic E-state index is 10.8. The summed E-state index contributed by atoms with van der Waals surface area (Å²) in [5, 5.41) is 10.8. The number of hydrogen-bond donors (Lipinski definition) is 1. The van der Waals surface area contributed by atoms with Crippen LogP contribution in [0.3, 0.4) is 0 Å². The molecule has 1 aliphatic heterocycles. The summed E-state index contributed by atoms with van der Waals surface area (Å²) in [6.07, 6.45) is 10.1. The van der Waals surface area contributed by atoms with Crippen molar-refractivity contribution < 1.29 is 14.6 Å². The van der Waals surface area contributed by atoms with Gasteiger partial charge < -0.3 is 14.6 Å². The molecule has 4 aliphatic carbocycles. The van der Waals surface area contributed by atoms with Gasteiger partial charge in [-0.1, -0.05) is 0 Å². The topological polar surface area (TPSA) is 38.7 Å². The average molecular weight is 294 g/mol. The van der Waals surface area contributed by atoms with Crippen LogP contribution >= 0.6 is 0 Å². The molecule has 0 aromatic carbocycles. The zero-order valence-electron chi connectivity index (χ0n) is 13.1. The third kappa shape index (κ3) is 2.89.